The molecule has 0 aliphatic heterocycles. The molecule has 2 aromatic rings. The minimum atomic E-state index is -1.52. The van der Waals surface area contributed by atoms with Crippen molar-refractivity contribution in [2.75, 3.05) is 0 Å². The van der Waals surface area contributed by atoms with Crippen LogP contribution >= 0.6 is 0 Å². The monoisotopic (exact) mass is 334 g/mol. The van der Waals surface area contributed by atoms with E-state index in [1.54, 1.807) is 0 Å². The van der Waals surface area contributed by atoms with Crippen molar-refractivity contribution in [2.45, 2.75) is 31.8 Å². The van der Waals surface area contributed by atoms with Gasteiger partial charge in [-0.3, -0.25) is 0 Å². The largest absolute Gasteiger partial charge is 0.459 e. The number of allylic oxidation sites excluding steroid dienone is 1. The van der Waals surface area contributed by atoms with Crippen molar-refractivity contribution in [1.29, 1.82) is 0 Å². The summed E-state index contributed by atoms with van der Waals surface area (Å²) in [5.41, 5.74) is 0.193. The van der Waals surface area contributed by atoms with Crippen LogP contribution in [0.5, 0.6) is 0 Å². The summed E-state index contributed by atoms with van der Waals surface area (Å²) >= 11 is 0. The Balaban J connectivity index is 1.78. The van der Waals surface area contributed by atoms with Gasteiger partial charge in [-0.05, 0) is 55.2 Å². The van der Waals surface area contributed by atoms with E-state index >= 15 is 0 Å². The van der Waals surface area contributed by atoms with E-state index in [1.165, 1.54) is 18.2 Å². The fourth-order valence-electron chi connectivity index (χ4n) is 3.09. The van der Waals surface area contributed by atoms with Crippen molar-refractivity contribution in [1.82, 2.24) is 0 Å². The number of carbonyl (C=O) groups excluding carboxylic acids is 1. The van der Waals surface area contributed by atoms with E-state index in [4.69, 9.17) is 4.74 Å². The molecule has 1 saturated carbocycles. The lowest BCUT2D eigenvalue weighted by Crippen LogP contribution is -2.23. The van der Waals surface area contributed by atoms with Crippen molar-refractivity contribution in [3.05, 3.63) is 59.9 Å². The van der Waals surface area contributed by atoms with E-state index in [0.717, 1.165) is 31.7 Å². The standard InChI is InChI=1S/C19H17F3O2/c1-2-11-3-6-14(7-4-11)24-19(23)12-5-8-15-13(9-12)10-16(20)18(22)17(15)21/h2,5,8-11,14H,1,3-4,6-7H2. The van der Waals surface area contributed by atoms with Crippen LogP contribution in [0.1, 0.15) is 36.0 Å². The number of benzene rings is 2. The molecule has 0 aromatic heterocycles. The topological polar surface area (TPSA) is 26.3 Å². The lowest BCUT2D eigenvalue weighted by atomic mass is 9.87. The molecular formula is C19H17F3O2. The van der Waals surface area contributed by atoms with Crippen molar-refractivity contribution < 1.29 is 22.7 Å². The molecule has 126 valence electrons. The summed E-state index contributed by atoms with van der Waals surface area (Å²) in [6, 6.07) is 4.82. The molecule has 1 fully saturated rings. The predicted molar refractivity (Wildman–Crippen MR) is 85.2 cm³/mol. The van der Waals surface area contributed by atoms with Crippen molar-refractivity contribution in [3.8, 4) is 0 Å². The number of carbonyl (C=O) groups is 1. The molecule has 2 nitrogen and oxygen atoms in total. The smallest absolute Gasteiger partial charge is 0.338 e. The van der Waals surface area contributed by atoms with Gasteiger partial charge in [0.25, 0.3) is 0 Å². The Morgan fingerprint density at radius 2 is 1.79 bits per heavy atom. The zero-order chi connectivity index (χ0) is 17.3. The third-order valence-electron chi connectivity index (χ3n) is 4.53. The second-order valence-corrected chi connectivity index (χ2v) is 6.10. The zero-order valence-electron chi connectivity index (χ0n) is 13.0. The predicted octanol–water partition coefficient (Wildman–Crippen LogP) is 5.16. The first-order chi connectivity index (χ1) is 11.5. The van der Waals surface area contributed by atoms with Crippen LogP contribution in [-0.2, 0) is 4.74 Å². The van der Waals surface area contributed by atoms with E-state index in [1.807, 2.05) is 6.08 Å². The first kappa shape index (κ1) is 16.6. The number of hydrogen-bond acceptors (Lipinski definition) is 2. The van der Waals surface area contributed by atoms with Gasteiger partial charge in [0.1, 0.15) is 6.10 Å². The lowest BCUT2D eigenvalue weighted by molar-refractivity contribution is 0.0185. The zero-order valence-corrected chi connectivity index (χ0v) is 13.0. The highest BCUT2D eigenvalue weighted by Gasteiger charge is 2.23. The van der Waals surface area contributed by atoms with Gasteiger partial charge in [0.05, 0.1) is 5.56 Å². The van der Waals surface area contributed by atoms with E-state index in [9.17, 15) is 18.0 Å². The number of rotatable bonds is 3. The van der Waals surface area contributed by atoms with Gasteiger partial charge >= 0.3 is 5.97 Å². The summed E-state index contributed by atoms with van der Waals surface area (Å²) in [7, 11) is 0. The van der Waals surface area contributed by atoms with Crippen LogP contribution in [-0.4, -0.2) is 12.1 Å². The van der Waals surface area contributed by atoms with Crippen molar-refractivity contribution >= 4 is 16.7 Å². The number of hydrogen-bond donors (Lipinski definition) is 0. The molecule has 0 saturated heterocycles. The van der Waals surface area contributed by atoms with Gasteiger partial charge in [-0.25, -0.2) is 18.0 Å². The molecule has 24 heavy (non-hydrogen) atoms. The van der Waals surface area contributed by atoms with Crippen molar-refractivity contribution in [3.63, 3.8) is 0 Å². The first-order valence-electron chi connectivity index (χ1n) is 7.90. The van der Waals surface area contributed by atoms with Gasteiger partial charge in [-0.15, -0.1) is 6.58 Å². The Hall–Kier alpha value is -2.30. The molecule has 0 radical (unpaired) electrons. The molecule has 1 aliphatic rings. The Bertz CT molecular complexity index is 793. The molecule has 1 aliphatic carbocycles. The minimum absolute atomic E-state index is 0.0723. The maximum Gasteiger partial charge on any atom is 0.338 e. The summed E-state index contributed by atoms with van der Waals surface area (Å²) in [6.45, 7) is 3.77. The molecular weight excluding hydrogens is 317 g/mol. The highest BCUT2D eigenvalue weighted by atomic mass is 19.2. The minimum Gasteiger partial charge on any atom is -0.459 e. The summed E-state index contributed by atoms with van der Waals surface area (Å²) in [5, 5.41) is 0.0492. The Morgan fingerprint density at radius 1 is 1.08 bits per heavy atom. The van der Waals surface area contributed by atoms with Crippen LogP contribution in [0.4, 0.5) is 13.2 Å². The number of fused-ring (bicyclic) bond motifs is 1. The van der Waals surface area contributed by atoms with Gasteiger partial charge in [-0.2, -0.15) is 0 Å². The highest BCUT2D eigenvalue weighted by molar-refractivity contribution is 5.95. The maximum absolute atomic E-state index is 13.7. The Labute approximate surface area is 137 Å². The van der Waals surface area contributed by atoms with Gasteiger partial charge in [-0.1, -0.05) is 12.1 Å². The molecule has 2 aromatic carbocycles. The average Bonchev–Trinajstić information content (AvgIpc) is 2.60. The van der Waals surface area contributed by atoms with E-state index in [2.05, 4.69) is 6.58 Å². The summed E-state index contributed by atoms with van der Waals surface area (Å²) in [4.78, 5) is 12.2. The van der Waals surface area contributed by atoms with Crippen molar-refractivity contribution in [2.24, 2.45) is 5.92 Å². The second kappa shape index (κ2) is 6.67. The van der Waals surface area contributed by atoms with Gasteiger partial charge in [0, 0.05) is 5.39 Å². The van der Waals surface area contributed by atoms with E-state index < -0.39 is 23.4 Å². The number of ether oxygens (including phenoxy) is 1. The van der Waals surface area contributed by atoms with Gasteiger partial charge in [0.15, 0.2) is 17.5 Å². The third kappa shape index (κ3) is 3.16. The third-order valence-corrected chi connectivity index (χ3v) is 4.53. The molecule has 0 heterocycles. The Kier molecular flexibility index (Phi) is 4.60. The normalized spacial score (nSPS) is 20.8. The fourth-order valence-corrected chi connectivity index (χ4v) is 3.09. The molecule has 0 N–H and O–H groups in total. The van der Waals surface area contributed by atoms with Crippen LogP contribution in [0.15, 0.2) is 36.9 Å². The summed E-state index contributed by atoms with van der Waals surface area (Å²) in [6.07, 6.45) is 5.15. The summed E-state index contributed by atoms with van der Waals surface area (Å²) in [5.74, 6) is -4.14. The lowest BCUT2D eigenvalue weighted by Gasteiger charge is -2.26. The Morgan fingerprint density at radius 3 is 2.46 bits per heavy atom. The molecule has 3 rings (SSSR count). The molecule has 0 amide bonds. The van der Waals surface area contributed by atoms with Crippen LogP contribution in [0.3, 0.4) is 0 Å². The van der Waals surface area contributed by atoms with Crippen LogP contribution in [0.2, 0.25) is 0 Å². The molecule has 0 atom stereocenters. The molecule has 0 spiro atoms. The number of halogens is 3. The van der Waals surface area contributed by atoms with E-state index in [0.29, 0.717) is 5.92 Å². The number of esters is 1. The molecule has 0 unspecified atom stereocenters. The van der Waals surface area contributed by atoms with Gasteiger partial charge < -0.3 is 4.74 Å². The molecule has 0 bridgehead atoms. The van der Waals surface area contributed by atoms with Crippen LogP contribution in [0, 0.1) is 23.4 Å². The van der Waals surface area contributed by atoms with Gasteiger partial charge in [0.2, 0.25) is 0 Å². The molecule has 5 heteroatoms. The fraction of sp³-hybridized carbons (Fsp3) is 0.316. The maximum atomic E-state index is 13.7. The van der Waals surface area contributed by atoms with Crippen LogP contribution in [0.25, 0.3) is 10.8 Å². The quantitative estimate of drug-likeness (QED) is 0.440. The van der Waals surface area contributed by atoms with Crippen LogP contribution < -0.4 is 0 Å². The SMILES string of the molecule is C=CC1CCC(OC(=O)c2ccc3c(F)c(F)c(F)cc3c2)CC1. The highest BCUT2D eigenvalue weighted by Crippen LogP contribution is 2.28. The second-order valence-electron chi connectivity index (χ2n) is 6.10. The van der Waals surface area contributed by atoms with E-state index in [-0.39, 0.29) is 22.4 Å². The average molecular weight is 334 g/mol. The summed E-state index contributed by atoms with van der Waals surface area (Å²) < 4.78 is 45.8. The first-order valence-corrected chi connectivity index (χ1v) is 7.90.